The molecule has 0 radical (unpaired) electrons. The lowest BCUT2D eigenvalue weighted by Gasteiger charge is -1.98. The summed E-state index contributed by atoms with van der Waals surface area (Å²) in [6, 6.07) is 7.41. The molecule has 2 rings (SSSR count). The second kappa shape index (κ2) is 4.35. The maximum atomic E-state index is 11.0. The Hall–Kier alpha value is -0.840. The highest BCUT2D eigenvalue weighted by atomic mass is 35.5. The average molecular weight is 256 g/mol. The van der Waals surface area contributed by atoms with E-state index in [-0.39, 0.29) is 5.24 Å². The Balaban J connectivity index is 2.35. The van der Waals surface area contributed by atoms with E-state index in [4.69, 9.17) is 23.8 Å². The van der Waals surface area contributed by atoms with Gasteiger partial charge in [-0.15, -0.1) is 0 Å². The number of hydrogen-bond donors (Lipinski definition) is 1. The monoisotopic (exact) mass is 255 g/mol. The second-order valence-corrected chi connectivity index (χ2v) is 4.70. The number of nitrogens with one attached hydrogen (secondary N) is 1. The number of thiocarbonyl (C=S) groups is 1. The molecule has 1 saturated heterocycles. The zero-order valence-corrected chi connectivity index (χ0v) is 9.88. The Morgan fingerprint density at radius 3 is 2.73 bits per heavy atom. The third-order valence-corrected chi connectivity index (χ3v) is 3.46. The number of hydrogen-bond acceptors (Lipinski definition) is 3. The molecule has 0 bridgehead atoms. The molecule has 0 aromatic heterocycles. The van der Waals surface area contributed by atoms with Crippen molar-refractivity contribution < 1.29 is 4.79 Å². The van der Waals surface area contributed by atoms with E-state index in [1.165, 1.54) is 0 Å². The van der Waals surface area contributed by atoms with Crippen LogP contribution in [-0.4, -0.2) is 10.2 Å². The van der Waals surface area contributed by atoms with Crippen molar-refractivity contribution in [3.8, 4) is 0 Å². The van der Waals surface area contributed by atoms with Crippen molar-refractivity contribution in [2.45, 2.75) is 0 Å². The van der Waals surface area contributed by atoms with Gasteiger partial charge in [0.15, 0.2) is 0 Å². The van der Waals surface area contributed by atoms with Crippen LogP contribution in [0.4, 0.5) is 4.79 Å². The van der Waals surface area contributed by atoms with Crippen molar-refractivity contribution in [2.75, 3.05) is 0 Å². The molecule has 0 aliphatic carbocycles. The quantitative estimate of drug-likeness (QED) is 0.616. The summed E-state index contributed by atoms with van der Waals surface area (Å²) >= 11 is 12.1. The van der Waals surface area contributed by atoms with Gasteiger partial charge in [0.25, 0.3) is 5.24 Å². The highest BCUT2D eigenvalue weighted by Gasteiger charge is 2.21. The summed E-state index contributed by atoms with van der Waals surface area (Å²) < 4.78 is 0. The van der Waals surface area contributed by atoms with E-state index in [9.17, 15) is 4.79 Å². The molecule has 2 nitrogen and oxygen atoms in total. The number of thioether (sulfide) groups is 1. The molecule has 1 heterocycles. The molecule has 76 valence electrons. The van der Waals surface area contributed by atoms with Crippen molar-refractivity contribution >= 4 is 51.9 Å². The fourth-order valence-electron chi connectivity index (χ4n) is 1.15. The maximum Gasteiger partial charge on any atom is 0.289 e. The first-order valence-corrected chi connectivity index (χ1v) is 5.76. The molecule has 1 N–H and O–H groups in total. The number of carbonyl (C=O) groups is 1. The molecular weight excluding hydrogens is 250 g/mol. The molecule has 1 aromatic carbocycles. The fourth-order valence-corrected chi connectivity index (χ4v) is 2.37. The fraction of sp³-hybridized carbons (Fsp3) is 0. The minimum Gasteiger partial charge on any atom is -0.307 e. The van der Waals surface area contributed by atoms with Gasteiger partial charge in [-0.2, -0.15) is 0 Å². The predicted octanol–water partition coefficient (Wildman–Crippen LogP) is 3.46. The van der Waals surface area contributed by atoms with E-state index in [1.807, 2.05) is 24.3 Å². The van der Waals surface area contributed by atoms with Gasteiger partial charge in [0.2, 0.25) is 0 Å². The molecule has 0 unspecified atom stereocenters. The largest absolute Gasteiger partial charge is 0.307 e. The minimum atomic E-state index is -0.140. The smallest absolute Gasteiger partial charge is 0.289 e. The van der Waals surface area contributed by atoms with Crippen LogP contribution in [0, 0.1) is 0 Å². The summed E-state index contributed by atoms with van der Waals surface area (Å²) in [7, 11) is 0. The minimum absolute atomic E-state index is 0.140. The lowest BCUT2D eigenvalue weighted by molar-refractivity contribution is 0.265. The van der Waals surface area contributed by atoms with E-state index in [2.05, 4.69) is 5.32 Å². The van der Waals surface area contributed by atoms with Crippen LogP contribution in [-0.2, 0) is 0 Å². The predicted molar refractivity (Wildman–Crippen MR) is 68.1 cm³/mol. The first kappa shape index (κ1) is 10.7. The lowest BCUT2D eigenvalue weighted by atomic mass is 10.2. The van der Waals surface area contributed by atoms with E-state index < -0.39 is 0 Å². The lowest BCUT2D eigenvalue weighted by Crippen LogP contribution is -2.15. The van der Waals surface area contributed by atoms with E-state index in [0.29, 0.717) is 10.0 Å². The van der Waals surface area contributed by atoms with Crippen molar-refractivity contribution in [2.24, 2.45) is 0 Å². The van der Waals surface area contributed by atoms with Gasteiger partial charge in [-0.05, 0) is 29.5 Å². The van der Waals surface area contributed by atoms with Crippen molar-refractivity contribution in [1.82, 2.24) is 5.32 Å². The van der Waals surface area contributed by atoms with Gasteiger partial charge in [0, 0.05) is 5.02 Å². The first-order valence-electron chi connectivity index (χ1n) is 4.16. The SMILES string of the molecule is O=C1NC(=S)/C(=C\c2ccccc2Cl)S1. The van der Waals surface area contributed by atoms with Crippen molar-refractivity contribution in [3.63, 3.8) is 0 Å². The summed E-state index contributed by atoms with van der Waals surface area (Å²) in [4.78, 5) is 12.2. The van der Waals surface area contributed by atoms with E-state index >= 15 is 0 Å². The third-order valence-electron chi connectivity index (χ3n) is 1.83. The molecule has 1 aliphatic heterocycles. The standard InChI is InChI=1S/C10H6ClNOS2/c11-7-4-2-1-3-6(7)5-8-9(14)12-10(13)15-8/h1-5H,(H,12,13,14)/b8-5+. The Kier molecular flexibility index (Phi) is 3.09. The second-order valence-electron chi connectivity index (χ2n) is 2.87. The molecule has 1 fully saturated rings. The summed E-state index contributed by atoms with van der Waals surface area (Å²) in [5, 5.41) is 3.06. The van der Waals surface area contributed by atoms with Crippen LogP contribution in [0.15, 0.2) is 29.2 Å². The zero-order valence-electron chi connectivity index (χ0n) is 7.49. The first-order chi connectivity index (χ1) is 7.16. The molecule has 1 aromatic rings. The normalized spacial score (nSPS) is 18.3. The van der Waals surface area contributed by atoms with Gasteiger partial charge < -0.3 is 5.32 Å². The van der Waals surface area contributed by atoms with Gasteiger partial charge >= 0.3 is 0 Å². The van der Waals surface area contributed by atoms with Gasteiger partial charge in [-0.25, -0.2) is 0 Å². The molecule has 5 heteroatoms. The van der Waals surface area contributed by atoms with Crippen LogP contribution in [0.2, 0.25) is 5.02 Å². The molecule has 1 amide bonds. The molecular formula is C10H6ClNOS2. The van der Waals surface area contributed by atoms with Gasteiger partial charge in [0.05, 0.1) is 4.91 Å². The number of amides is 1. The number of halogens is 1. The van der Waals surface area contributed by atoms with Gasteiger partial charge in [0.1, 0.15) is 4.99 Å². The molecule has 1 aliphatic rings. The molecule has 15 heavy (non-hydrogen) atoms. The van der Waals surface area contributed by atoms with Crippen LogP contribution in [0.25, 0.3) is 6.08 Å². The van der Waals surface area contributed by atoms with Crippen LogP contribution in [0.3, 0.4) is 0 Å². The van der Waals surface area contributed by atoms with E-state index in [1.54, 1.807) is 6.07 Å². The summed E-state index contributed by atoms with van der Waals surface area (Å²) in [5.74, 6) is 0. The topological polar surface area (TPSA) is 29.1 Å². The van der Waals surface area contributed by atoms with Crippen molar-refractivity contribution in [1.29, 1.82) is 0 Å². The third kappa shape index (κ3) is 2.40. The van der Waals surface area contributed by atoms with Crippen LogP contribution in [0.5, 0.6) is 0 Å². The Morgan fingerprint density at radius 2 is 2.13 bits per heavy atom. The summed E-state index contributed by atoms with van der Waals surface area (Å²) in [6.45, 7) is 0. The van der Waals surface area contributed by atoms with Crippen LogP contribution in [0.1, 0.15) is 5.56 Å². The van der Waals surface area contributed by atoms with Crippen LogP contribution >= 0.6 is 35.6 Å². The molecule has 0 spiro atoms. The number of rotatable bonds is 1. The highest BCUT2D eigenvalue weighted by Crippen LogP contribution is 2.28. The number of carbonyl (C=O) groups excluding carboxylic acids is 1. The molecule has 0 atom stereocenters. The van der Waals surface area contributed by atoms with Gasteiger partial charge in [-0.3, -0.25) is 4.79 Å². The summed E-state index contributed by atoms with van der Waals surface area (Å²) in [6.07, 6.45) is 1.81. The van der Waals surface area contributed by atoms with Crippen molar-refractivity contribution in [3.05, 3.63) is 39.8 Å². The van der Waals surface area contributed by atoms with Crippen LogP contribution < -0.4 is 5.32 Å². The maximum absolute atomic E-state index is 11.0. The Morgan fingerprint density at radius 1 is 1.40 bits per heavy atom. The summed E-state index contributed by atoms with van der Waals surface area (Å²) in [5.41, 5.74) is 0.862. The zero-order chi connectivity index (χ0) is 10.8. The Labute approximate surface area is 102 Å². The number of benzene rings is 1. The molecule has 0 saturated carbocycles. The average Bonchev–Trinajstić information content (AvgIpc) is 2.49. The highest BCUT2D eigenvalue weighted by molar-refractivity contribution is 8.19. The Bertz CT molecular complexity index is 470. The van der Waals surface area contributed by atoms with Gasteiger partial charge in [-0.1, -0.05) is 42.0 Å². The van der Waals surface area contributed by atoms with E-state index in [0.717, 1.165) is 22.2 Å².